The van der Waals surface area contributed by atoms with Crippen LogP contribution in [0.2, 0.25) is 0 Å². The lowest BCUT2D eigenvalue weighted by Crippen LogP contribution is -2.31. The fraction of sp³-hybridized carbons (Fsp3) is 0.0909. The summed E-state index contributed by atoms with van der Waals surface area (Å²) in [6.45, 7) is 0. The average molecular weight is 605 g/mol. The SMILES string of the molecule is O=C(Cc1csc2nc(-c3ccc(Br)cc3)cn12)N/N=C1\SCC(=O)N1c1ccc(Br)cc1. The third-order valence-electron chi connectivity index (χ3n) is 4.89. The van der Waals surface area contributed by atoms with Gasteiger partial charge >= 0.3 is 0 Å². The molecule has 2 aromatic carbocycles. The minimum absolute atomic E-state index is 0.0752. The van der Waals surface area contributed by atoms with Crippen LogP contribution in [0.1, 0.15) is 5.69 Å². The Kier molecular flexibility index (Phi) is 6.37. The van der Waals surface area contributed by atoms with Crippen molar-refractivity contribution in [1.82, 2.24) is 14.8 Å². The van der Waals surface area contributed by atoms with E-state index < -0.39 is 0 Å². The van der Waals surface area contributed by atoms with E-state index in [-0.39, 0.29) is 24.0 Å². The number of nitrogens with zero attached hydrogens (tertiary/aromatic N) is 4. The Morgan fingerprint density at radius 1 is 1.09 bits per heavy atom. The highest BCUT2D eigenvalue weighted by atomic mass is 79.9. The van der Waals surface area contributed by atoms with Gasteiger partial charge in [-0.2, -0.15) is 0 Å². The van der Waals surface area contributed by atoms with Gasteiger partial charge in [-0.1, -0.05) is 55.8 Å². The highest BCUT2D eigenvalue weighted by Crippen LogP contribution is 2.28. The molecule has 2 aromatic heterocycles. The molecule has 7 nitrogen and oxygen atoms in total. The number of halogens is 2. The Labute approximate surface area is 214 Å². The number of carbonyl (C=O) groups is 2. The van der Waals surface area contributed by atoms with Crippen LogP contribution in [0, 0.1) is 0 Å². The Bertz CT molecular complexity index is 1380. The number of amidine groups is 1. The van der Waals surface area contributed by atoms with E-state index in [1.54, 1.807) is 0 Å². The van der Waals surface area contributed by atoms with Gasteiger partial charge in [-0.25, -0.2) is 10.4 Å². The zero-order chi connectivity index (χ0) is 22.9. The van der Waals surface area contributed by atoms with Crippen LogP contribution >= 0.6 is 55.0 Å². The lowest BCUT2D eigenvalue weighted by Gasteiger charge is -2.15. The number of thioether (sulfide) groups is 1. The number of imidazole rings is 1. The average Bonchev–Trinajstić information content (AvgIpc) is 3.49. The third kappa shape index (κ3) is 4.77. The summed E-state index contributed by atoms with van der Waals surface area (Å²) < 4.78 is 3.85. The summed E-state index contributed by atoms with van der Waals surface area (Å²) in [7, 11) is 0. The molecule has 0 bridgehead atoms. The topological polar surface area (TPSA) is 79.1 Å². The van der Waals surface area contributed by atoms with Crippen molar-refractivity contribution in [3.05, 3.63) is 74.7 Å². The molecular weight excluding hydrogens is 590 g/mol. The van der Waals surface area contributed by atoms with Gasteiger partial charge in [-0.3, -0.25) is 18.9 Å². The first-order valence-electron chi connectivity index (χ1n) is 9.77. The first kappa shape index (κ1) is 22.3. The normalized spacial score (nSPS) is 15.0. The number of hydrazone groups is 1. The fourth-order valence-electron chi connectivity index (χ4n) is 3.32. The lowest BCUT2D eigenvalue weighted by molar-refractivity contribution is -0.120. The maximum Gasteiger partial charge on any atom is 0.246 e. The van der Waals surface area contributed by atoms with Crippen molar-refractivity contribution < 1.29 is 9.59 Å². The molecule has 11 heteroatoms. The first-order chi connectivity index (χ1) is 16.0. The molecule has 1 aliphatic rings. The van der Waals surface area contributed by atoms with Crippen LogP contribution in [0.15, 0.2) is 74.2 Å². The zero-order valence-electron chi connectivity index (χ0n) is 16.9. The van der Waals surface area contributed by atoms with Crippen molar-refractivity contribution in [2.75, 3.05) is 10.7 Å². The van der Waals surface area contributed by atoms with Gasteiger partial charge in [0.2, 0.25) is 11.8 Å². The van der Waals surface area contributed by atoms with Gasteiger partial charge in [-0.15, -0.1) is 16.4 Å². The lowest BCUT2D eigenvalue weighted by atomic mass is 10.2. The smallest absolute Gasteiger partial charge is 0.246 e. The number of aromatic nitrogens is 2. The highest BCUT2D eigenvalue weighted by molar-refractivity contribution is 9.10. The van der Waals surface area contributed by atoms with Crippen LogP contribution in [0.4, 0.5) is 5.69 Å². The van der Waals surface area contributed by atoms with E-state index in [0.717, 1.165) is 30.9 Å². The predicted octanol–water partition coefficient (Wildman–Crippen LogP) is 5.30. The van der Waals surface area contributed by atoms with Crippen molar-refractivity contribution in [1.29, 1.82) is 0 Å². The second kappa shape index (κ2) is 9.41. The zero-order valence-corrected chi connectivity index (χ0v) is 21.7. The van der Waals surface area contributed by atoms with Gasteiger partial charge in [0.1, 0.15) is 0 Å². The molecule has 1 saturated heterocycles. The van der Waals surface area contributed by atoms with Crippen LogP contribution in [0.5, 0.6) is 0 Å². The summed E-state index contributed by atoms with van der Waals surface area (Å²) in [5.74, 6) is -0.0605. The molecule has 0 spiro atoms. The molecule has 0 saturated carbocycles. The molecule has 2 amide bonds. The largest absolute Gasteiger partial charge is 0.294 e. The third-order valence-corrected chi connectivity index (χ3v) is 7.76. The van der Waals surface area contributed by atoms with E-state index in [1.165, 1.54) is 28.0 Å². The molecule has 33 heavy (non-hydrogen) atoms. The van der Waals surface area contributed by atoms with Crippen molar-refractivity contribution in [3.8, 4) is 11.3 Å². The molecular formula is C22H15Br2N5O2S2. The number of thiazole rings is 1. The molecule has 1 aliphatic heterocycles. The van der Waals surface area contributed by atoms with Crippen LogP contribution in [-0.2, 0) is 16.0 Å². The van der Waals surface area contributed by atoms with Gasteiger partial charge < -0.3 is 0 Å². The van der Waals surface area contributed by atoms with Crippen molar-refractivity contribution in [2.45, 2.75) is 6.42 Å². The second-order valence-electron chi connectivity index (χ2n) is 7.11. The molecule has 0 unspecified atom stereocenters. The number of hydrogen-bond donors (Lipinski definition) is 1. The monoisotopic (exact) mass is 603 g/mol. The number of hydrogen-bond acceptors (Lipinski definition) is 6. The summed E-state index contributed by atoms with van der Waals surface area (Å²) in [5.41, 5.74) is 5.98. The quantitative estimate of drug-likeness (QED) is 0.314. The first-order valence-corrected chi connectivity index (χ1v) is 13.2. The second-order valence-corrected chi connectivity index (χ2v) is 10.7. The highest BCUT2D eigenvalue weighted by Gasteiger charge is 2.30. The van der Waals surface area contributed by atoms with E-state index in [0.29, 0.717) is 10.9 Å². The van der Waals surface area contributed by atoms with Gasteiger partial charge in [0.05, 0.1) is 23.6 Å². The maximum absolute atomic E-state index is 12.6. The van der Waals surface area contributed by atoms with Crippen molar-refractivity contribution in [3.63, 3.8) is 0 Å². The van der Waals surface area contributed by atoms with Gasteiger partial charge in [-0.05, 0) is 36.4 Å². The number of amides is 2. The number of carbonyl (C=O) groups excluding carboxylic acids is 2. The summed E-state index contributed by atoms with van der Waals surface area (Å²) >= 11 is 9.61. The molecule has 4 aromatic rings. The van der Waals surface area contributed by atoms with E-state index >= 15 is 0 Å². The molecule has 0 atom stereocenters. The number of rotatable bonds is 5. The molecule has 1 N–H and O–H groups in total. The summed E-state index contributed by atoms with van der Waals surface area (Å²) in [6.07, 6.45) is 2.08. The summed E-state index contributed by atoms with van der Waals surface area (Å²) in [5, 5.41) is 6.59. The van der Waals surface area contributed by atoms with Gasteiger partial charge in [0.25, 0.3) is 0 Å². The molecule has 0 aliphatic carbocycles. The Hall–Kier alpha value is -2.47. The van der Waals surface area contributed by atoms with E-state index in [4.69, 9.17) is 0 Å². The Balaban J connectivity index is 1.30. The van der Waals surface area contributed by atoms with Crippen molar-refractivity contribution in [2.24, 2.45) is 5.10 Å². The molecule has 3 heterocycles. The molecule has 1 fully saturated rings. The van der Waals surface area contributed by atoms with Gasteiger partial charge in [0, 0.05) is 31.8 Å². The Morgan fingerprint density at radius 3 is 2.52 bits per heavy atom. The van der Waals surface area contributed by atoms with E-state index in [2.05, 4.69) is 47.4 Å². The minimum atomic E-state index is -0.267. The van der Waals surface area contributed by atoms with Crippen molar-refractivity contribution >= 4 is 82.6 Å². The standard InChI is InChI=1S/C22H15Br2N5O2S2/c23-14-3-1-13(2-4-14)18-10-28-17(11-32-21(28)25-18)9-19(30)26-27-22-29(20(31)12-33-22)16-7-5-15(24)6-8-16/h1-8,10-11H,9,12H2,(H,26,30)/b27-22-. The fourth-order valence-corrected chi connectivity index (χ4v) is 5.55. The van der Waals surface area contributed by atoms with E-state index in [9.17, 15) is 9.59 Å². The van der Waals surface area contributed by atoms with Crippen LogP contribution in [-0.4, -0.2) is 32.1 Å². The summed E-state index contributed by atoms with van der Waals surface area (Å²) in [4.78, 5) is 32.0. The number of benzene rings is 2. The number of fused-ring (bicyclic) bond motifs is 1. The maximum atomic E-state index is 12.6. The van der Waals surface area contributed by atoms with Crippen LogP contribution in [0.25, 0.3) is 16.2 Å². The predicted molar refractivity (Wildman–Crippen MR) is 140 cm³/mol. The van der Waals surface area contributed by atoms with E-state index in [1.807, 2.05) is 64.5 Å². The van der Waals surface area contributed by atoms with Crippen LogP contribution < -0.4 is 10.3 Å². The molecule has 166 valence electrons. The minimum Gasteiger partial charge on any atom is -0.294 e. The molecule has 5 rings (SSSR count). The number of anilines is 1. The number of nitrogens with one attached hydrogen (secondary N) is 1. The van der Waals surface area contributed by atoms with Crippen LogP contribution in [0.3, 0.4) is 0 Å². The summed E-state index contributed by atoms with van der Waals surface area (Å²) in [6, 6.07) is 15.3. The molecule has 0 radical (unpaired) electrons. The Morgan fingerprint density at radius 2 is 1.79 bits per heavy atom. The van der Waals surface area contributed by atoms with Gasteiger partial charge in [0.15, 0.2) is 10.1 Å².